The fourth-order valence-corrected chi connectivity index (χ4v) is 7.23. The largest absolute Gasteiger partial charge is 0.297 e. The average Bonchev–Trinajstić information content (AvgIpc) is 2.58. The topological polar surface area (TPSA) is 20.3 Å². The number of likely N-dealkylation sites (tertiary alicyclic amines) is 1. The van der Waals surface area contributed by atoms with Gasteiger partial charge in [0, 0.05) is 34.4 Å². The number of hydrogen-bond donors (Lipinski definition) is 0. The first-order valence-electron chi connectivity index (χ1n) is 8.69. The van der Waals surface area contributed by atoms with Crippen molar-refractivity contribution >= 4 is 17.5 Å². The maximum absolute atomic E-state index is 13.1. The van der Waals surface area contributed by atoms with E-state index in [1.807, 2.05) is 0 Å². The molecule has 1 aliphatic carbocycles. The number of hydrogen-bond acceptors (Lipinski definition) is 3. The van der Waals surface area contributed by atoms with E-state index in [1.165, 1.54) is 11.5 Å². The Morgan fingerprint density at radius 2 is 1.59 bits per heavy atom. The summed E-state index contributed by atoms with van der Waals surface area (Å²) in [7, 11) is 0. The second-order valence-electron chi connectivity index (χ2n) is 10.4. The zero-order valence-corrected chi connectivity index (χ0v) is 16.5. The third-order valence-electron chi connectivity index (χ3n) is 7.21. The molecule has 22 heavy (non-hydrogen) atoms. The van der Waals surface area contributed by atoms with E-state index >= 15 is 0 Å². The van der Waals surface area contributed by atoms with Gasteiger partial charge in [-0.2, -0.15) is 11.8 Å². The fourth-order valence-electron chi connectivity index (χ4n) is 5.35. The first kappa shape index (κ1) is 16.8. The monoisotopic (exact) mass is 323 g/mol. The van der Waals surface area contributed by atoms with Crippen molar-refractivity contribution in [3.63, 3.8) is 0 Å². The number of Topliss-reactive ketones (excluding diaryl/α,β-unsaturated/α-hetero) is 1. The minimum absolute atomic E-state index is 0.0613. The first-order chi connectivity index (χ1) is 9.80. The van der Waals surface area contributed by atoms with E-state index in [9.17, 15) is 4.79 Å². The summed E-state index contributed by atoms with van der Waals surface area (Å²) in [6.45, 7) is 19.1. The van der Waals surface area contributed by atoms with Crippen molar-refractivity contribution in [2.24, 2.45) is 21.7 Å². The zero-order valence-electron chi connectivity index (χ0n) is 15.7. The third-order valence-corrected chi connectivity index (χ3v) is 8.60. The maximum Gasteiger partial charge on any atom is 0.155 e. The van der Waals surface area contributed by atoms with Crippen LogP contribution in [0.3, 0.4) is 0 Å². The van der Waals surface area contributed by atoms with Crippen LogP contribution in [-0.2, 0) is 4.79 Å². The molecule has 0 aromatic carbocycles. The number of carbonyl (C=O) groups is 1. The molecule has 2 nitrogen and oxygen atoms in total. The Bertz CT molecular complexity index is 507. The van der Waals surface area contributed by atoms with Gasteiger partial charge in [-0.05, 0) is 38.0 Å². The molecule has 3 fully saturated rings. The van der Waals surface area contributed by atoms with Gasteiger partial charge in [0.25, 0.3) is 0 Å². The van der Waals surface area contributed by atoms with Gasteiger partial charge in [0.05, 0.1) is 6.04 Å². The lowest BCUT2D eigenvalue weighted by molar-refractivity contribution is -0.132. The van der Waals surface area contributed by atoms with E-state index in [2.05, 4.69) is 72.1 Å². The van der Waals surface area contributed by atoms with Crippen LogP contribution in [0.4, 0.5) is 0 Å². The van der Waals surface area contributed by atoms with Gasteiger partial charge in [-0.3, -0.25) is 9.69 Å². The van der Waals surface area contributed by atoms with Gasteiger partial charge in [0.1, 0.15) is 0 Å². The van der Waals surface area contributed by atoms with Gasteiger partial charge >= 0.3 is 0 Å². The molecule has 0 aromatic rings. The molecule has 3 aliphatic rings. The van der Waals surface area contributed by atoms with Crippen LogP contribution in [0.5, 0.6) is 0 Å². The Morgan fingerprint density at radius 3 is 1.91 bits per heavy atom. The summed E-state index contributed by atoms with van der Waals surface area (Å²) < 4.78 is 0. The molecule has 0 radical (unpaired) electrons. The normalized spacial score (nSPS) is 36.6. The molecule has 2 aliphatic heterocycles. The highest BCUT2D eigenvalue weighted by Crippen LogP contribution is 2.86. The van der Waals surface area contributed by atoms with Crippen LogP contribution < -0.4 is 0 Å². The molecular formula is C19H33NOS. The smallest absolute Gasteiger partial charge is 0.155 e. The highest BCUT2D eigenvalue weighted by Gasteiger charge is 2.85. The van der Waals surface area contributed by atoms with Crippen LogP contribution >= 0.6 is 11.8 Å². The third kappa shape index (κ3) is 1.81. The maximum atomic E-state index is 13.1. The van der Waals surface area contributed by atoms with Gasteiger partial charge in [-0.25, -0.2) is 0 Å². The quantitative estimate of drug-likeness (QED) is 0.720. The Kier molecular flexibility index (Phi) is 3.31. The van der Waals surface area contributed by atoms with Crippen LogP contribution in [0.2, 0.25) is 0 Å². The molecule has 2 atom stereocenters. The fraction of sp³-hybridized carbons (Fsp3) is 0.947. The molecule has 126 valence electrons. The van der Waals surface area contributed by atoms with E-state index < -0.39 is 0 Å². The summed E-state index contributed by atoms with van der Waals surface area (Å²) in [5.74, 6) is 3.03. The molecule has 0 N–H and O–H groups in total. The molecule has 0 aromatic heterocycles. The highest BCUT2D eigenvalue weighted by atomic mass is 32.2. The minimum atomic E-state index is -0.250. The molecule has 3 rings (SSSR count). The number of ketones is 1. The van der Waals surface area contributed by atoms with Crippen molar-refractivity contribution in [3.05, 3.63) is 0 Å². The van der Waals surface area contributed by atoms with Gasteiger partial charge in [0.15, 0.2) is 5.78 Å². The van der Waals surface area contributed by atoms with E-state index in [4.69, 9.17) is 0 Å². The summed E-state index contributed by atoms with van der Waals surface area (Å²) in [6.07, 6.45) is 1.08. The zero-order chi connectivity index (χ0) is 16.8. The van der Waals surface area contributed by atoms with Crippen molar-refractivity contribution in [1.29, 1.82) is 0 Å². The Morgan fingerprint density at radius 1 is 1.05 bits per heavy atom. The summed E-state index contributed by atoms with van der Waals surface area (Å²) in [6, 6.07) is 0.101. The number of thioether (sulfide) groups is 1. The van der Waals surface area contributed by atoms with E-state index in [1.54, 1.807) is 0 Å². The number of fused-ring (bicyclic) bond motifs is 1. The van der Waals surface area contributed by atoms with Gasteiger partial charge in [0.2, 0.25) is 0 Å². The predicted molar refractivity (Wildman–Crippen MR) is 95.3 cm³/mol. The average molecular weight is 324 g/mol. The van der Waals surface area contributed by atoms with Gasteiger partial charge in [-0.1, -0.05) is 34.6 Å². The molecule has 2 saturated heterocycles. The Labute approximate surface area is 140 Å². The highest BCUT2D eigenvalue weighted by molar-refractivity contribution is 8.00. The molecular weight excluding hydrogens is 290 g/mol. The van der Waals surface area contributed by atoms with E-state index in [0.29, 0.717) is 22.0 Å². The standard InChI is InChI=1S/C19H33NOS/c1-15(2,3)14(21)13-9-18(10-20(13)16(4,5)6)17(7,8)19(18)11-22-12-19/h13H,9-12H2,1-8H3/t13-,18+/m0/s1. The molecule has 2 spiro atoms. The summed E-state index contributed by atoms with van der Waals surface area (Å²) in [5, 5.41) is 0. The summed E-state index contributed by atoms with van der Waals surface area (Å²) >= 11 is 2.09. The second-order valence-corrected chi connectivity index (χ2v) is 11.4. The van der Waals surface area contributed by atoms with Crippen LogP contribution in [0, 0.1) is 21.7 Å². The predicted octanol–water partition coefficient (Wildman–Crippen LogP) is 4.23. The molecule has 0 amide bonds. The van der Waals surface area contributed by atoms with Crippen LogP contribution in [0.1, 0.15) is 61.8 Å². The number of nitrogens with zero attached hydrogens (tertiary/aromatic N) is 1. The lowest BCUT2D eigenvalue weighted by Gasteiger charge is -2.38. The Balaban J connectivity index is 1.96. The van der Waals surface area contributed by atoms with Gasteiger partial charge < -0.3 is 0 Å². The van der Waals surface area contributed by atoms with Crippen molar-refractivity contribution in [2.45, 2.75) is 73.4 Å². The summed E-state index contributed by atoms with van der Waals surface area (Å²) in [4.78, 5) is 15.6. The molecule has 3 heteroatoms. The SMILES string of the molecule is CC(C)(C)C(=O)[C@@H]1C[C@@]2(CN1C(C)(C)C)C(C)(C)C21CSC1. The molecule has 1 saturated carbocycles. The van der Waals surface area contributed by atoms with Crippen molar-refractivity contribution < 1.29 is 4.79 Å². The lowest BCUT2D eigenvalue weighted by Crippen LogP contribution is -2.50. The van der Waals surface area contributed by atoms with Crippen molar-refractivity contribution in [3.8, 4) is 0 Å². The number of rotatable bonds is 1. The Hall–Kier alpha value is -0.0200. The molecule has 2 heterocycles. The molecule has 0 bridgehead atoms. The molecule has 0 unspecified atom stereocenters. The van der Waals surface area contributed by atoms with Crippen molar-refractivity contribution in [2.75, 3.05) is 18.1 Å². The number of carbonyl (C=O) groups excluding carboxylic acids is 1. The lowest BCUT2D eigenvalue weighted by atomic mass is 9.82. The second kappa shape index (κ2) is 4.33. The summed E-state index contributed by atoms with van der Waals surface area (Å²) in [5.41, 5.74) is 1.07. The minimum Gasteiger partial charge on any atom is -0.297 e. The van der Waals surface area contributed by atoms with Crippen molar-refractivity contribution in [1.82, 2.24) is 4.90 Å². The van der Waals surface area contributed by atoms with Crippen LogP contribution in [0.15, 0.2) is 0 Å². The van der Waals surface area contributed by atoms with E-state index in [-0.39, 0.29) is 17.0 Å². The van der Waals surface area contributed by atoms with Crippen LogP contribution in [-0.4, -0.2) is 40.3 Å². The van der Waals surface area contributed by atoms with Crippen LogP contribution in [0.25, 0.3) is 0 Å². The van der Waals surface area contributed by atoms with Gasteiger partial charge in [-0.15, -0.1) is 0 Å². The first-order valence-corrected chi connectivity index (χ1v) is 9.85. The van der Waals surface area contributed by atoms with E-state index in [0.717, 1.165) is 13.0 Å².